The molecule has 8 nitrogen and oxygen atoms in total. The molecule has 2 aromatic rings. The van der Waals surface area contributed by atoms with Crippen LogP contribution in [0.1, 0.15) is 11.3 Å². The minimum Gasteiger partial charge on any atom is -0.434 e. The summed E-state index contributed by atoms with van der Waals surface area (Å²) in [7, 11) is 1.60. The van der Waals surface area contributed by atoms with Gasteiger partial charge >= 0.3 is 11.6 Å². The van der Waals surface area contributed by atoms with E-state index in [-0.39, 0.29) is 29.0 Å². The van der Waals surface area contributed by atoms with Crippen LogP contribution in [-0.4, -0.2) is 21.9 Å². The first kappa shape index (κ1) is 14.2. The smallest absolute Gasteiger partial charge is 0.352 e. The van der Waals surface area contributed by atoms with Crippen molar-refractivity contribution in [3.63, 3.8) is 0 Å². The Labute approximate surface area is 120 Å². The van der Waals surface area contributed by atoms with Gasteiger partial charge in [0.15, 0.2) is 0 Å². The van der Waals surface area contributed by atoms with Crippen molar-refractivity contribution in [2.45, 2.75) is 6.92 Å². The van der Waals surface area contributed by atoms with Gasteiger partial charge in [-0.3, -0.25) is 10.1 Å². The normalized spacial score (nSPS) is 9.76. The van der Waals surface area contributed by atoms with Crippen molar-refractivity contribution in [1.82, 2.24) is 9.97 Å². The second-order valence-corrected chi connectivity index (χ2v) is 4.04. The molecule has 1 aromatic carbocycles. The van der Waals surface area contributed by atoms with Crippen LogP contribution in [0.2, 0.25) is 0 Å². The summed E-state index contributed by atoms with van der Waals surface area (Å²) in [6, 6.07) is 8.24. The van der Waals surface area contributed by atoms with Crippen molar-refractivity contribution in [3.05, 3.63) is 45.6 Å². The fourth-order valence-corrected chi connectivity index (χ4v) is 1.67. The summed E-state index contributed by atoms with van der Waals surface area (Å²) in [5, 5.41) is 22.7. The van der Waals surface area contributed by atoms with Gasteiger partial charge in [-0.15, -0.1) is 0 Å². The zero-order chi connectivity index (χ0) is 15.4. The van der Waals surface area contributed by atoms with Gasteiger partial charge in [-0.05, 0) is 25.1 Å². The molecule has 1 aromatic heterocycles. The van der Waals surface area contributed by atoms with Gasteiger partial charge in [-0.25, -0.2) is 4.98 Å². The summed E-state index contributed by atoms with van der Waals surface area (Å²) < 4.78 is 5.45. The SMILES string of the molecule is CNc1nc(C)c([N+](=O)[O-])c(Oc2cccc(C#N)c2)n1. The van der Waals surface area contributed by atoms with Crippen LogP contribution in [0, 0.1) is 28.4 Å². The molecule has 106 valence electrons. The standard InChI is InChI=1S/C13H11N5O3/c1-8-11(18(19)20)12(17-13(15-2)16-8)21-10-5-3-4-9(6-10)7-14/h3-6H,1-2H3,(H,15,16,17). The molecule has 8 heteroatoms. The number of aryl methyl sites for hydroxylation is 1. The third-order valence-electron chi connectivity index (χ3n) is 2.61. The highest BCUT2D eigenvalue weighted by atomic mass is 16.6. The fraction of sp³-hybridized carbons (Fsp3) is 0.154. The lowest BCUT2D eigenvalue weighted by Gasteiger charge is -2.08. The molecule has 0 aliphatic heterocycles. The predicted octanol–water partition coefficient (Wildman–Crippen LogP) is 2.40. The van der Waals surface area contributed by atoms with E-state index in [1.54, 1.807) is 25.2 Å². The van der Waals surface area contributed by atoms with Crippen LogP contribution < -0.4 is 10.1 Å². The fourth-order valence-electron chi connectivity index (χ4n) is 1.67. The number of aromatic nitrogens is 2. The van der Waals surface area contributed by atoms with Crippen LogP contribution in [0.4, 0.5) is 11.6 Å². The van der Waals surface area contributed by atoms with Gasteiger partial charge in [0.1, 0.15) is 11.4 Å². The Morgan fingerprint density at radius 1 is 1.43 bits per heavy atom. The number of nitrogens with zero attached hydrogens (tertiary/aromatic N) is 4. The Morgan fingerprint density at radius 3 is 2.81 bits per heavy atom. The molecule has 0 unspecified atom stereocenters. The van der Waals surface area contributed by atoms with Crippen LogP contribution in [0.15, 0.2) is 24.3 Å². The summed E-state index contributed by atoms with van der Waals surface area (Å²) in [4.78, 5) is 18.4. The molecule has 1 heterocycles. The molecule has 2 rings (SSSR count). The van der Waals surface area contributed by atoms with Crippen LogP contribution in [-0.2, 0) is 0 Å². The first-order valence-electron chi connectivity index (χ1n) is 5.94. The highest BCUT2D eigenvalue weighted by Crippen LogP contribution is 2.32. The maximum absolute atomic E-state index is 11.1. The van der Waals surface area contributed by atoms with Gasteiger partial charge in [-0.2, -0.15) is 10.2 Å². The van der Waals surface area contributed by atoms with Gasteiger partial charge < -0.3 is 10.1 Å². The number of rotatable bonds is 4. The molecule has 21 heavy (non-hydrogen) atoms. The van der Waals surface area contributed by atoms with E-state index >= 15 is 0 Å². The maximum Gasteiger partial charge on any atom is 0.352 e. The number of ether oxygens (including phenoxy) is 1. The minimum absolute atomic E-state index is 0.174. The van der Waals surface area contributed by atoms with E-state index in [2.05, 4.69) is 15.3 Å². The quantitative estimate of drug-likeness (QED) is 0.677. The number of nitro groups is 1. The second kappa shape index (κ2) is 5.83. The molecule has 0 amide bonds. The van der Waals surface area contributed by atoms with E-state index < -0.39 is 4.92 Å². The zero-order valence-corrected chi connectivity index (χ0v) is 11.3. The number of hydrogen-bond acceptors (Lipinski definition) is 7. The van der Waals surface area contributed by atoms with Crippen LogP contribution in [0.3, 0.4) is 0 Å². The summed E-state index contributed by atoms with van der Waals surface area (Å²) >= 11 is 0. The number of nitriles is 1. The first-order valence-corrected chi connectivity index (χ1v) is 5.94. The van der Waals surface area contributed by atoms with E-state index in [1.807, 2.05) is 6.07 Å². The van der Waals surface area contributed by atoms with E-state index in [4.69, 9.17) is 10.00 Å². The molecule has 0 aliphatic rings. The van der Waals surface area contributed by atoms with Crippen molar-refractivity contribution in [3.8, 4) is 17.7 Å². The number of hydrogen-bond donors (Lipinski definition) is 1. The number of benzene rings is 1. The van der Waals surface area contributed by atoms with Gasteiger partial charge in [0, 0.05) is 7.05 Å². The molecule has 1 N–H and O–H groups in total. The lowest BCUT2D eigenvalue weighted by molar-refractivity contribution is -0.386. The topological polar surface area (TPSA) is 114 Å². The van der Waals surface area contributed by atoms with Crippen LogP contribution >= 0.6 is 0 Å². The molecule has 0 saturated heterocycles. The molecule has 0 fully saturated rings. The van der Waals surface area contributed by atoms with E-state index in [1.165, 1.54) is 13.0 Å². The van der Waals surface area contributed by atoms with Gasteiger partial charge in [-0.1, -0.05) is 6.07 Å². The van der Waals surface area contributed by atoms with Crippen LogP contribution in [0.5, 0.6) is 11.6 Å². The molecule has 0 aliphatic carbocycles. The maximum atomic E-state index is 11.1. The van der Waals surface area contributed by atoms with Gasteiger partial charge in [0.2, 0.25) is 5.95 Å². The number of anilines is 1. The summed E-state index contributed by atoms with van der Waals surface area (Å²) in [6.07, 6.45) is 0. The van der Waals surface area contributed by atoms with Crippen molar-refractivity contribution in [1.29, 1.82) is 5.26 Å². The average Bonchev–Trinajstić information content (AvgIpc) is 2.46. The Bertz CT molecular complexity index is 739. The van der Waals surface area contributed by atoms with Crippen molar-refractivity contribution in [2.24, 2.45) is 0 Å². The highest BCUT2D eigenvalue weighted by molar-refractivity contribution is 5.50. The molecular formula is C13H11N5O3. The Hall–Kier alpha value is -3.21. The van der Waals surface area contributed by atoms with Gasteiger partial charge in [0.25, 0.3) is 0 Å². The summed E-state index contributed by atoms with van der Waals surface area (Å²) in [5.41, 5.74) is 0.261. The minimum atomic E-state index is -0.599. The molecule has 0 saturated carbocycles. The van der Waals surface area contributed by atoms with Crippen molar-refractivity contribution < 1.29 is 9.66 Å². The molecule has 0 spiro atoms. The zero-order valence-electron chi connectivity index (χ0n) is 11.3. The Balaban J connectivity index is 2.49. The lowest BCUT2D eigenvalue weighted by Crippen LogP contribution is -2.05. The molecule has 0 radical (unpaired) electrons. The third kappa shape index (κ3) is 3.03. The largest absolute Gasteiger partial charge is 0.434 e. The molecule has 0 bridgehead atoms. The van der Waals surface area contributed by atoms with E-state index in [0.29, 0.717) is 5.56 Å². The summed E-state index contributed by atoms with van der Waals surface area (Å²) in [5.74, 6) is 0.328. The van der Waals surface area contributed by atoms with E-state index in [9.17, 15) is 10.1 Å². The Kier molecular flexibility index (Phi) is 3.95. The third-order valence-corrected chi connectivity index (χ3v) is 2.61. The summed E-state index contributed by atoms with van der Waals surface area (Å²) in [6.45, 7) is 1.50. The van der Waals surface area contributed by atoms with Gasteiger partial charge in [0.05, 0.1) is 16.6 Å². The second-order valence-electron chi connectivity index (χ2n) is 4.04. The molecule has 0 atom stereocenters. The monoisotopic (exact) mass is 285 g/mol. The predicted molar refractivity (Wildman–Crippen MR) is 74.2 cm³/mol. The lowest BCUT2D eigenvalue weighted by atomic mass is 10.2. The van der Waals surface area contributed by atoms with E-state index in [0.717, 1.165) is 0 Å². The Morgan fingerprint density at radius 2 is 2.19 bits per heavy atom. The average molecular weight is 285 g/mol. The first-order chi connectivity index (χ1) is 10.0. The molecular weight excluding hydrogens is 274 g/mol. The van der Waals surface area contributed by atoms with Crippen LogP contribution in [0.25, 0.3) is 0 Å². The highest BCUT2D eigenvalue weighted by Gasteiger charge is 2.24. The van der Waals surface area contributed by atoms with Crippen molar-refractivity contribution >= 4 is 11.6 Å². The number of nitrogens with one attached hydrogen (secondary N) is 1. The van der Waals surface area contributed by atoms with Crippen molar-refractivity contribution in [2.75, 3.05) is 12.4 Å².